The lowest BCUT2D eigenvalue weighted by molar-refractivity contribution is -0.147. The van der Waals surface area contributed by atoms with Gasteiger partial charge >= 0.3 is 5.97 Å². The molecule has 0 amide bonds. The quantitative estimate of drug-likeness (QED) is 0.773. The number of nitrogens with zero attached hydrogens (tertiary/aromatic N) is 1. The van der Waals surface area contributed by atoms with Gasteiger partial charge in [0.25, 0.3) is 0 Å². The second-order valence-electron chi connectivity index (χ2n) is 4.43. The predicted octanol–water partition coefficient (Wildman–Crippen LogP) is 1.97. The van der Waals surface area contributed by atoms with Crippen LogP contribution >= 0.6 is 11.3 Å². The molecule has 1 aliphatic rings. The number of nitrogens with two attached hydrogens (primary N) is 1. The zero-order valence-corrected chi connectivity index (χ0v) is 10.7. The molecule has 0 saturated carbocycles. The molecule has 1 aromatic rings. The molecule has 17 heavy (non-hydrogen) atoms. The normalized spacial score (nSPS) is 22.6. The number of methoxy groups -OCH3 is 1. The van der Waals surface area contributed by atoms with E-state index >= 15 is 0 Å². The molecular weight excluding hydrogens is 236 g/mol. The van der Waals surface area contributed by atoms with Gasteiger partial charge in [-0.15, -0.1) is 11.3 Å². The van der Waals surface area contributed by atoms with Gasteiger partial charge in [0.2, 0.25) is 0 Å². The lowest BCUT2D eigenvalue weighted by atomic mass is 9.72. The smallest absolute Gasteiger partial charge is 0.316 e. The highest BCUT2D eigenvalue weighted by Crippen LogP contribution is 2.45. The van der Waals surface area contributed by atoms with E-state index in [9.17, 15) is 10.1 Å². The lowest BCUT2D eigenvalue weighted by Crippen LogP contribution is -2.37. The first-order chi connectivity index (χ1) is 8.04. The Morgan fingerprint density at radius 2 is 2.35 bits per heavy atom. The summed E-state index contributed by atoms with van der Waals surface area (Å²) in [6.45, 7) is 1.84. The first-order valence-corrected chi connectivity index (χ1v) is 6.26. The highest BCUT2D eigenvalue weighted by molar-refractivity contribution is 7.16. The summed E-state index contributed by atoms with van der Waals surface area (Å²) in [5, 5.41) is 9.68. The topological polar surface area (TPSA) is 76.1 Å². The standard InChI is InChI=1S/C12H14N2O2S/c1-12(11(15)16-2)5-3-4-8-9(12)7(6-13)10(14)17-8/h3-5,14H2,1-2H3. The number of nitriles is 1. The molecule has 0 radical (unpaired) electrons. The maximum Gasteiger partial charge on any atom is 0.316 e. The van der Waals surface area contributed by atoms with Crippen molar-refractivity contribution in [1.82, 2.24) is 0 Å². The van der Waals surface area contributed by atoms with Crippen LogP contribution in [0.4, 0.5) is 5.00 Å². The zero-order valence-electron chi connectivity index (χ0n) is 9.87. The van der Waals surface area contributed by atoms with Gasteiger partial charge in [0.15, 0.2) is 0 Å². The third-order valence-corrected chi connectivity index (χ3v) is 4.47. The number of carbonyl (C=O) groups excluding carboxylic acids is 1. The van der Waals surface area contributed by atoms with Crippen LogP contribution in [0.25, 0.3) is 0 Å². The van der Waals surface area contributed by atoms with Crippen LogP contribution in [0, 0.1) is 11.3 Å². The van der Waals surface area contributed by atoms with E-state index in [1.165, 1.54) is 18.4 Å². The van der Waals surface area contributed by atoms with E-state index in [4.69, 9.17) is 10.5 Å². The largest absolute Gasteiger partial charge is 0.468 e. The van der Waals surface area contributed by atoms with Crippen molar-refractivity contribution >= 4 is 22.3 Å². The van der Waals surface area contributed by atoms with Gasteiger partial charge in [-0.3, -0.25) is 4.79 Å². The number of rotatable bonds is 1. The van der Waals surface area contributed by atoms with Crippen molar-refractivity contribution < 1.29 is 9.53 Å². The summed E-state index contributed by atoms with van der Waals surface area (Å²) < 4.78 is 4.87. The lowest BCUT2D eigenvalue weighted by Gasteiger charge is -2.31. The highest BCUT2D eigenvalue weighted by Gasteiger charge is 2.43. The Morgan fingerprint density at radius 3 is 2.94 bits per heavy atom. The average molecular weight is 250 g/mol. The van der Waals surface area contributed by atoms with E-state index in [1.807, 2.05) is 6.92 Å². The van der Waals surface area contributed by atoms with Crippen LogP contribution in [-0.2, 0) is 21.4 Å². The Kier molecular flexibility index (Phi) is 2.84. The molecule has 0 saturated heterocycles. The summed E-state index contributed by atoms with van der Waals surface area (Å²) in [6, 6.07) is 2.12. The molecule has 1 atom stereocenters. The van der Waals surface area contributed by atoms with Crippen LogP contribution in [-0.4, -0.2) is 13.1 Å². The molecule has 90 valence electrons. The van der Waals surface area contributed by atoms with Crippen LogP contribution in [0.3, 0.4) is 0 Å². The average Bonchev–Trinajstić information content (AvgIpc) is 2.65. The molecular formula is C12H14N2O2S. The van der Waals surface area contributed by atoms with Crippen LogP contribution in [0.1, 0.15) is 35.8 Å². The maximum absolute atomic E-state index is 12.0. The molecule has 1 unspecified atom stereocenters. The first-order valence-electron chi connectivity index (χ1n) is 5.44. The third-order valence-electron chi connectivity index (χ3n) is 3.39. The Labute approximate surface area is 104 Å². The molecule has 1 aromatic heterocycles. The Hall–Kier alpha value is -1.54. The van der Waals surface area contributed by atoms with Gasteiger partial charge in [-0.05, 0) is 26.2 Å². The molecule has 1 heterocycles. The van der Waals surface area contributed by atoms with E-state index in [-0.39, 0.29) is 5.97 Å². The van der Waals surface area contributed by atoms with Crippen molar-refractivity contribution in [2.75, 3.05) is 12.8 Å². The van der Waals surface area contributed by atoms with Crippen molar-refractivity contribution in [3.05, 3.63) is 16.0 Å². The molecule has 0 aromatic carbocycles. The summed E-state index contributed by atoms with van der Waals surface area (Å²) >= 11 is 1.42. The van der Waals surface area contributed by atoms with Gasteiger partial charge in [0, 0.05) is 10.4 Å². The minimum absolute atomic E-state index is 0.284. The van der Waals surface area contributed by atoms with Crippen LogP contribution < -0.4 is 5.73 Å². The van der Waals surface area contributed by atoms with Crippen molar-refractivity contribution in [2.45, 2.75) is 31.6 Å². The summed E-state index contributed by atoms with van der Waals surface area (Å²) in [5.74, 6) is -0.284. The third kappa shape index (κ3) is 1.60. The monoisotopic (exact) mass is 250 g/mol. The molecule has 4 nitrogen and oxygen atoms in total. The molecule has 2 N–H and O–H groups in total. The van der Waals surface area contributed by atoms with Crippen LogP contribution in [0.2, 0.25) is 0 Å². The number of anilines is 1. The summed E-state index contributed by atoms with van der Waals surface area (Å²) in [7, 11) is 1.38. The van der Waals surface area contributed by atoms with Gasteiger partial charge in [-0.2, -0.15) is 5.26 Å². The minimum Gasteiger partial charge on any atom is -0.468 e. The number of carbonyl (C=O) groups is 1. The van der Waals surface area contributed by atoms with E-state index in [1.54, 1.807) is 0 Å². The molecule has 0 bridgehead atoms. The van der Waals surface area contributed by atoms with Crippen molar-refractivity contribution in [2.24, 2.45) is 0 Å². The van der Waals surface area contributed by atoms with E-state index < -0.39 is 5.41 Å². The molecule has 5 heteroatoms. The number of thiophene rings is 1. The van der Waals surface area contributed by atoms with E-state index in [0.29, 0.717) is 17.0 Å². The predicted molar refractivity (Wildman–Crippen MR) is 65.8 cm³/mol. The van der Waals surface area contributed by atoms with Gasteiger partial charge in [-0.1, -0.05) is 0 Å². The van der Waals surface area contributed by atoms with Crippen molar-refractivity contribution in [3.63, 3.8) is 0 Å². The maximum atomic E-state index is 12.0. The summed E-state index contributed by atoms with van der Waals surface area (Å²) in [5.41, 5.74) is 6.37. The number of aryl methyl sites for hydroxylation is 1. The second kappa shape index (κ2) is 4.04. The Bertz CT molecular complexity index is 515. The van der Waals surface area contributed by atoms with Gasteiger partial charge < -0.3 is 10.5 Å². The van der Waals surface area contributed by atoms with E-state index in [2.05, 4.69) is 6.07 Å². The molecule has 0 aliphatic heterocycles. The highest BCUT2D eigenvalue weighted by atomic mass is 32.1. The van der Waals surface area contributed by atoms with Crippen molar-refractivity contribution in [1.29, 1.82) is 5.26 Å². The van der Waals surface area contributed by atoms with Gasteiger partial charge in [0.05, 0.1) is 18.1 Å². The van der Waals surface area contributed by atoms with Gasteiger partial charge in [-0.25, -0.2) is 0 Å². The number of esters is 1. The van der Waals surface area contributed by atoms with E-state index in [0.717, 1.165) is 23.3 Å². The number of nitrogen functional groups attached to an aromatic ring is 1. The van der Waals surface area contributed by atoms with Crippen LogP contribution in [0.15, 0.2) is 0 Å². The fourth-order valence-corrected chi connectivity index (χ4v) is 3.72. The fraction of sp³-hybridized carbons (Fsp3) is 0.500. The Balaban J connectivity index is 2.65. The second-order valence-corrected chi connectivity index (χ2v) is 5.57. The summed E-state index contributed by atoms with van der Waals surface area (Å²) in [4.78, 5) is 13.0. The van der Waals surface area contributed by atoms with Crippen LogP contribution in [0.5, 0.6) is 0 Å². The molecule has 1 aliphatic carbocycles. The molecule has 0 fully saturated rings. The number of hydrogen-bond acceptors (Lipinski definition) is 5. The first kappa shape index (κ1) is 11.9. The SMILES string of the molecule is COC(=O)C1(C)CCCc2sc(N)c(C#N)c21. The molecule has 2 rings (SSSR count). The minimum atomic E-state index is -0.721. The number of fused-ring (bicyclic) bond motifs is 1. The Morgan fingerprint density at radius 1 is 1.65 bits per heavy atom. The van der Waals surface area contributed by atoms with Gasteiger partial charge in [0.1, 0.15) is 11.1 Å². The van der Waals surface area contributed by atoms with Crippen molar-refractivity contribution in [3.8, 4) is 6.07 Å². The summed E-state index contributed by atoms with van der Waals surface area (Å²) in [6.07, 6.45) is 2.51. The number of hydrogen-bond donors (Lipinski definition) is 1. The molecule has 0 spiro atoms. The zero-order chi connectivity index (χ0) is 12.6. The fourth-order valence-electron chi connectivity index (χ4n) is 2.52. The number of ether oxygens (including phenoxy) is 1.